The van der Waals surface area contributed by atoms with E-state index in [4.69, 9.17) is 15.9 Å². The van der Waals surface area contributed by atoms with Crippen molar-refractivity contribution in [1.29, 1.82) is 5.41 Å². The average molecular weight is 248 g/mol. The summed E-state index contributed by atoms with van der Waals surface area (Å²) in [5, 5.41) is 7.26. The van der Waals surface area contributed by atoms with Gasteiger partial charge in [0.1, 0.15) is 17.6 Å². The first-order valence-corrected chi connectivity index (χ1v) is 6.53. The molecule has 1 aliphatic rings. The smallest absolute Gasteiger partial charge is 0.232 e. The Labute approximate surface area is 107 Å². The quantitative estimate of drug-likeness (QED) is 0.631. The van der Waals surface area contributed by atoms with E-state index in [1.807, 2.05) is 0 Å². The SMILES string of the molecule is CCC1CCCCC1Oc1cnc(C(=N)N)cn1. The van der Waals surface area contributed by atoms with Crippen LogP contribution < -0.4 is 10.5 Å². The lowest BCUT2D eigenvalue weighted by Crippen LogP contribution is -2.30. The highest BCUT2D eigenvalue weighted by atomic mass is 16.5. The van der Waals surface area contributed by atoms with Crippen molar-refractivity contribution in [2.24, 2.45) is 11.7 Å². The molecule has 1 heterocycles. The first-order valence-electron chi connectivity index (χ1n) is 6.53. The molecule has 0 saturated heterocycles. The number of aromatic nitrogens is 2. The van der Waals surface area contributed by atoms with E-state index in [0.29, 0.717) is 17.5 Å². The van der Waals surface area contributed by atoms with Crippen LogP contribution in [0.1, 0.15) is 44.7 Å². The highest BCUT2D eigenvalue weighted by molar-refractivity contribution is 5.92. The van der Waals surface area contributed by atoms with E-state index in [-0.39, 0.29) is 11.9 Å². The third-order valence-corrected chi connectivity index (χ3v) is 3.54. The first kappa shape index (κ1) is 12.8. The third-order valence-electron chi connectivity index (χ3n) is 3.54. The lowest BCUT2D eigenvalue weighted by molar-refractivity contribution is 0.0854. The average Bonchev–Trinajstić information content (AvgIpc) is 2.40. The molecule has 5 heteroatoms. The van der Waals surface area contributed by atoms with Gasteiger partial charge in [0.25, 0.3) is 0 Å². The zero-order valence-electron chi connectivity index (χ0n) is 10.7. The number of nitrogens with two attached hydrogens (primary N) is 1. The van der Waals surface area contributed by atoms with Crippen molar-refractivity contribution < 1.29 is 4.74 Å². The van der Waals surface area contributed by atoms with Crippen LogP contribution in [-0.2, 0) is 0 Å². The third kappa shape index (κ3) is 2.97. The Morgan fingerprint density at radius 3 is 2.78 bits per heavy atom. The lowest BCUT2D eigenvalue weighted by Gasteiger charge is -2.30. The predicted molar refractivity (Wildman–Crippen MR) is 69.7 cm³/mol. The van der Waals surface area contributed by atoms with Gasteiger partial charge in [-0.2, -0.15) is 0 Å². The summed E-state index contributed by atoms with van der Waals surface area (Å²) in [4.78, 5) is 8.21. The minimum absolute atomic E-state index is 0.0712. The van der Waals surface area contributed by atoms with Gasteiger partial charge in [-0.25, -0.2) is 9.97 Å². The molecule has 18 heavy (non-hydrogen) atoms. The Morgan fingerprint density at radius 2 is 2.17 bits per heavy atom. The summed E-state index contributed by atoms with van der Waals surface area (Å²) in [6.07, 6.45) is 9.28. The molecular weight excluding hydrogens is 228 g/mol. The van der Waals surface area contributed by atoms with E-state index in [1.165, 1.54) is 25.5 Å². The van der Waals surface area contributed by atoms with E-state index in [2.05, 4.69) is 16.9 Å². The van der Waals surface area contributed by atoms with Gasteiger partial charge >= 0.3 is 0 Å². The summed E-state index contributed by atoms with van der Waals surface area (Å²) in [5.74, 6) is 1.08. The van der Waals surface area contributed by atoms with Gasteiger partial charge in [-0.3, -0.25) is 5.41 Å². The fourth-order valence-electron chi connectivity index (χ4n) is 2.47. The number of ether oxygens (including phenoxy) is 1. The molecule has 2 unspecified atom stereocenters. The Balaban J connectivity index is 2.01. The second-order valence-corrected chi connectivity index (χ2v) is 4.76. The maximum atomic E-state index is 7.26. The number of hydrogen-bond donors (Lipinski definition) is 2. The van der Waals surface area contributed by atoms with E-state index in [9.17, 15) is 0 Å². The van der Waals surface area contributed by atoms with Crippen LogP contribution in [0, 0.1) is 11.3 Å². The molecule has 0 radical (unpaired) electrons. The van der Waals surface area contributed by atoms with Crippen LogP contribution in [0.2, 0.25) is 0 Å². The maximum Gasteiger partial charge on any atom is 0.232 e. The summed E-state index contributed by atoms with van der Waals surface area (Å²) in [5.41, 5.74) is 5.72. The Hall–Kier alpha value is -1.65. The van der Waals surface area contributed by atoms with Crippen molar-refractivity contribution in [1.82, 2.24) is 9.97 Å². The first-order chi connectivity index (χ1) is 8.70. The summed E-state index contributed by atoms with van der Waals surface area (Å²) >= 11 is 0. The molecule has 3 N–H and O–H groups in total. The van der Waals surface area contributed by atoms with Crippen molar-refractivity contribution >= 4 is 5.84 Å². The number of hydrogen-bond acceptors (Lipinski definition) is 4. The van der Waals surface area contributed by atoms with Crippen molar-refractivity contribution in [3.05, 3.63) is 18.1 Å². The minimum atomic E-state index is -0.0712. The highest BCUT2D eigenvalue weighted by Gasteiger charge is 2.25. The van der Waals surface area contributed by atoms with Gasteiger partial charge in [0, 0.05) is 0 Å². The molecule has 1 aromatic rings. The van der Waals surface area contributed by atoms with Crippen molar-refractivity contribution in [3.8, 4) is 5.88 Å². The number of nitrogen functional groups attached to an aromatic ring is 1. The lowest BCUT2D eigenvalue weighted by atomic mass is 9.85. The minimum Gasteiger partial charge on any atom is -0.473 e. The van der Waals surface area contributed by atoms with E-state index >= 15 is 0 Å². The monoisotopic (exact) mass is 248 g/mol. The van der Waals surface area contributed by atoms with Gasteiger partial charge in [-0.1, -0.05) is 13.3 Å². The van der Waals surface area contributed by atoms with E-state index in [1.54, 1.807) is 6.20 Å². The van der Waals surface area contributed by atoms with Gasteiger partial charge in [0.2, 0.25) is 5.88 Å². The summed E-state index contributed by atoms with van der Waals surface area (Å²) < 4.78 is 5.91. The molecule has 0 aliphatic heterocycles. The standard InChI is InChI=1S/C13H20N4O/c1-2-9-5-3-4-6-11(9)18-12-8-16-10(7-17-12)13(14)15/h7-9,11H,2-6H2,1H3,(H3,14,15). The summed E-state index contributed by atoms with van der Waals surface area (Å²) in [6.45, 7) is 2.21. The Kier molecular flexibility index (Phi) is 4.12. The van der Waals surface area contributed by atoms with Gasteiger partial charge in [-0.05, 0) is 31.6 Å². The molecule has 0 spiro atoms. The van der Waals surface area contributed by atoms with Crippen LogP contribution in [0.25, 0.3) is 0 Å². The molecule has 2 atom stereocenters. The number of rotatable bonds is 4. The Morgan fingerprint density at radius 1 is 1.39 bits per heavy atom. The molecular formula is C13H20N4O. The topological polar surface area (TPSA) is 84.9 Å². The summed E-state index contributed by atoms with van der Waals surface area (Å²) in [6, 6.07) is 0. The van der Waals surface area contributed by atoms with Crippen molar-refractivity contribution in [2.75, 3.05) is 0 Å². The molecule has 1 aromatic heterocycles. The second kappa shape index (κ2) is 5.80. The highest BCUT2D eigenvalue weighted by Crippen LogP contribution is 2.29. The molecule has 5 nitrogen and oxygen atoms in total. The van der Waals surface area contributed by atoms with Gasteiger partial charge in [0.05, 0.1) is 12.4 Å². The van der Waals surface area contributed by atoms with E-state index < -0.39 is 0 Å². The number of amidine groups is 1. The van der Waals surface area contributed by atoms with Crippen molar-refractivity contribution in [2.45, 2.75) is 45.1 Å². The fraction of sp³-hybridized carbons (Fsp3) is 0.615. The second-order valence-electron chi connectivity index (χ2n) is 4.76. The fourth-order valence-corrected chi connectivity index (χ4v) is 2.47. The van der Waals surface area contributed by atoms with Gasteiger partial charge in [0.15, 0.2) is 0 Å². The van der Waals surface area contributed by atoms with Crippen LogP contribution in [0.3, 0.4) is 0 Å². The van der Waals surface area contributed by atoms with Gasteiger partial charge in [-0.15, -0.1) is 0 Å². The van der Waals surface area contributed by atoms with Crippen molar-refractivity contribution in [3.63, 3.8) is 0 Å². The predicted octanol–water partition coefficient (Wildman–Crippen LogP) is 2.11. The zero-order valence-corrected chi connectivity index (χ0v) is 10.7. The molecule has 98 valence electrons. The number of nitrogens with zero attached hydrogens (tertiary/aromatic N) is 2. The summed E-state index contributed by atoms with van der Waals surface area (Å²) in [7, 11) is 0. The van der Waals surface area contributed by atoms with Crippen LogP contribution in [0.5, 0.6) is 5.88 Å². The molecule has 2 rings (SSSR count). The van der Waals surface area contributed by atoms with Crippen LogP contribution in [-0.4, -0.2) is 21.9 Å². The zero-order chi connectivity index (χ0) is 13.0. The molecule has 1 aliphatic carbocycles. The van der Waals surface area contributed by atoms with Crippen LogP contribution >= 0.6 is 0 Å². The Bertz CT molecular complexity index is 404. The van der Waals surface area contributed by atoms with Crippen LogP contribution in [0.15, 0.2) is 12.4 Å². The molecule has 0 aromatic carbocycles. The molecule has 1 saturated carbocycles. The van der Waals surface area contributed by atoms with Crippen LogP contribution in [0.4, 0.5) is 0 Å². The molecule has 1 fully saturated rings. The molecule has 0 amide bonds. The maximum absolute atomic E-state index is 7.26. The molecule has 0 bridgehead atoms. The largest absolute Gasteiger partial charge is 0.473 e. The van der Waals surface area contributed by atoms with E-state index in [0.717, 1.165) is 12.8 Å². The number of nitrogens with one attached hydrogen (secondary N) is 1. The van der Waals surface area contributed by atoms with Gasteiger partial charge < -0.3 is 10.5 Å². The normalized spacial score (nSPS) is 23.6.